The second-order valence-electron chi connectivity index (χ2n) is 10.6. The van der Waals surface area contributed by atoms with E-state index in [1.54, 1.807) is 8.84 Å². The second kappa shape index (κ2) is 8.83. The van der Waals surface area contributed by atoms with Gasteiger partial charge in [0.15, 0.2) is 0 Å². The van der Waals surface area contributed by atoms with Gasteiger partial charge < -0.3 is 0 Å². The van der Waals surface area contributed by atoms with E-state index < -0.39 is 25.5 Å². The quantitative estimate of drug-likeness (QED) is 0.359. The molecule has 0 radical (unpaired) electrons. The molecule has 0 fully saturated rings. The van der Waals surface area contributed by atoms with Crippen molar-refractivity contribution in [2.45, 2.75) is 39.0 Å². The third-order valence-corrected chi connectivity index (χ3v) is 26.4. The minimum absolute atomic E-state index is 0. The van der Waals surface area contributed by atoms with Gasteiger partial charge in [-0.3, -0.25) is 0 Å². The zero-order valence-electron chi connectivity index (χ0n) is 18.7. The Bertz CT molecular complexity index is 1100. The van der Waals surface area contributed by atoms with Crippen LogP contribution in [0.5, 0.6) is 0 Å². The van der Waals surface area contributed by atoms with Crippen molar-refractivity contribution in [3.63, 3.8) is 0 Å². The van der Waals surface area contributed by atoms with Crippen LogP contribution in [0, 0.1) is 0 Å². The van der Waals surface area contributed by atoms with E-state index in [4.69, 9.17) is 0 Å². The van der Waals surface area contributed by atoms with E-state index >= 15 is 0 Å². The van der Waals surface area contributed by atoms with E-state index in [0.717, 1.165) is 0 Å². The van der Waals surface area contributed by atoms with Crippen molar-refractivity contribution < 1.29 is 17.4 Å². The van der Waals surface area contributed by atoms with Gasteiger partial charge in [-0.15, -0.1) is 24.8 Å². The molecule has 0 N–H and O–H groups in total. The summed E-state index contributed by atoms with van der Waals surface area (Å²) in [4.78, 5) is 0. The maximum atomic E-state index is 2.64. The van der Waals surface area contributed by atoms with Crippen LogP contribution in [-0.4, -0.2) is 15.0 Å². The van der Waals surface area contributed by atoms with Crippen LogP contribution < -0.4 is 5.19 Å². The number of allylic oxidation sites excluding steroid dienone is 5. The molecule has 0 nitrogen and oxygen atoms in total. The predicted octanol–water partition coefficient (Wildman–Crippen LogP) is 6.99. The Hall–Kier alpha value is -0.443. The fourth-order valence-electron chi connectivity index (χ4n) is 4.80. The van der Waals surface area contributed by atoms with Gasteiger partial charge in [0.25, 0.3) is 0 Å². The van der Waals surface area contributed by atoms with Crippen molar-refractivity contribution in [2.75, 3.05) is 0 Å². The summed E-state index contributed by atoms with van der Waals surface area (Å²) >= 11 is -3.02. The molecule has 0 saturated carbocycles. The summed E-state index contributed by atoms with van der Waals surface area (Å²) in [5.41, 5.74) is 5.76. The summed E-state index contributed by atoms with van der Waals surface area (Å²) in [5.74, 6) is 0. The molecular weight excluding hydrogens is 519 g/mol. The molecule has 2 aromatic carbocycles. The van der Waals surface area contributed by atoms with Crippen LogP contribution in [0.4, 0.5) is 0 Å². The summed E-state index contributed by atoms with van der Waals surface area (Å²) in [6, 6.07) is 16.4. The Kier molecular flexibility index (Phi) is 7.60. The van der Waals surface area contributed by atoms with Crippen molar-refractivity contribution in [3.05, 3.63) is 81.2 Å². The summed E-state index contributed by atoms with van der Waals surface area (Å²) in [6.45, 7) is 9.61. The van der Waals surface area contributed by atoms with Gasteiger partial charge in [0.05, 0.1) is 0 Å². The molecule has 2 aromatic rings. The van der Waals surface area contributed by atoms with Gasteiger partial charge in [-0.05, 0) is 0 Å². The fourth-order valence-corrected chi connectivity index (χ4v) is 19.0. The number of halogens is 2. The number of hydrogen-bond donors (Lipinski definition) is 0. The first-order valence-corrected chi connectivity index (χ1v) is 27.4. The Balaban J connectivity index is 0.00000160. The smallest absolute Gasteiger partial charge is 0.147 e. The summed E-state index contributed by atoms with van der Waals surface area (Å²) in [5, 5.41) is 1.53. The predicted molar refractivity (Wildman–Crippen MR) is 143 cm³/mol. The maximum absolute atomic E-state index is 3.02. The van der Waals surface area contributed by atoms with Crippen LogP contribution >= 0.6 is 24.8 Å². The molecular formula is C25H34Cl2Si2Zr. The number of fused-ring (bicyclic) bond motifs is 1. The Labute approximate surface area is 198 Å². The zero-order chi connectivity index (χ0) is 20.2. The topological polar surface area (TPSA) is 0 Å². The number of rotatable bonds is 4. The van der Waals surface area contributed by atoms with Crippen LogP contribution in [-0.2, 0) is 17.4 Å². The summed E-state index contributed by atoms with van der Waals surface area (Å²) in [7, 11) is -1.26. The van der Waals surface area contributed by atoms with Crippen molar-refractivity contribution in [3.8, 4) is 11.1 Å². The minimum Gasteiger partial charge on any atom is -0.147 e. The van der Waals surface area contributed by atoms with Crippen LogP contribution in [0.25, 0.3) is 17.2 Å². The molecule has 0 spiro atoms. The normalized spacial score (nSPS) is 17.8. The van der Waals surface area contributed by atoms with Crippen LogP contribution in [0.15, 0.2) is 70.0 Å². The molecule has 0 amide bonds. The maximum Gasteiger partial charge on any atom is -0.147 e. The molecule has 30 heavy (non-hydrogen) atoms. The van der Waals surface area contributed by atoms with Gasteiger partial charge in [0.2, 0.25) is 0 Å². The molecule has 5 heteroatoms. The molecule has 160 valence electrons. The largest absolute Gasteiger partial charge is 0.147 e. The van der Waals surface area contributed by atoms with Crippen molar-refractivity contribution in [1.29, 1.82) is 0 Å². The summed E-state index contributed by atoms with van der Waals surface area (Å²) < 4.78 is 7.63. The molecule has 2 aliphatic carbocycles. The van der Waals surface area contributed by atoms with Gasteiger partial charge in [-0.25, -0.2) is 0 Å². The minimum atomic E-state index is -3.02. The SMILES string of the molecule is C[Si](C)(C)c1ccc(-c2cccc3c2C=C[CH]3[Zr]([CH3])([CH3])(=[SiH2])[C]2=CC=CC2)cc1.Cl.Cl. The third kappa shape index (κ3) is 4.52. The van der Waals surface area contributed by atoms with Gasteiger partial charge in [0, 0.05) is 0 Å². The number of benzene rings is 2. The van der Waals surface area contributed by atoms with E-state index in [0.29, 0.717) is 3.63 Å². The monoisotopic (exact) mass is 550 g/mol. The molecule has 4 rings (SSSR count). The van der Waals surface area contributed by atoms with Gasteiger partial charge in [0.1, 0.15) is 0 Å². The average molecular weight is 553 g/mol. The Morgan fingerprint density at radius 1 is 0.967 bits per heavy atom. The van der Waals surface area contributed by atoms with E-state index in [2.05, 4.69) is 109 Å². The molecule has 0 heterocycles. The first-order valence-electron chi connectivity index (χ1n) is 10.4. The van der Waals surface area contributed by atoms with E-state index in [1.807, 2.05) is 0 Å². The van der Waals surface area contributed by atoms with Crippen molar-refractivity contribution in [2.24, 2.45) is 0 Å². The Morgan fingerprint density at radius 2 is 1.63 bits per heavy atom. The van der Waals surface area contributed by atoms with E-state index in [9.17, 15) is 0 Å². The van der Waals surface area contributed by atoms with E-state index in [1.165, 1.54) is 28.3 Å². The molecule has 0 aromatic heterocycles. The number of hydrogen-bond acceptors (Lipinski definition) is 0. The second-order valence-corrected chi connectivity index (χ2v) is 45.5. The summed E-state index contributed by atoms with van der Waals surface area (Å²) in [6.07, 6.45) is 13.1. The average Bonchev–Trinajstić information content (AvgIpc) is 3.31. The molecule has 0 bridgehead atoms. The first kappa shape index (κ1) is 25.8. The van der Waals surface area contributed by atoms with Crippen molar-refractivity contribution >= 4 is 51.0 Å². The molecule has 0 saturated heterocycles. The molecule has 1 atom stereocenters. The van der Waals surface area contributed by atoms with Crippen LogP contribution in [0.3, 0.4) is 0 Å². The zero-order valence-corrected chi connectivity index (χ0v) is 25.2. The van der Waals surface area contributed by atoms with Gasteiger partial charge in [-0.1, -0.05) is 0 Å². The van der Waals surface area contributed by atoms with Gasteiger partial charge in [-0.2, -0.15) is 0 Å². The van der Waals surface area contributed by atoms with E-state index in [-0.39, 0.29) is 24.8 Å². The first-order chi connectivity index (χ1) is 13.1. The standard InChI is InChI=1S/C18H19Si.C5H5.2CH3.2ClH.H2Si.Zr/c1-19(2,3)16-12-10-15(11-13-16)18-9-5-7-14-6-4-8-17(14)18;1-2-4-5-3-1;;;;;;/h4-13H,1-3H3;1-3H,4H2;2*1H3;2*1H;1H2;. The molecule has 2 aliphatic rings. The van der Waals surface area contributed by atoms with Crippen LogP contribution in [0.2, 0.25) is 28.9 Å². The molecule has 0 aliphatic heterocycles. The molecule has 1 unspecified atom stereocenters. The third-order valence-electron chi connectivity index (χ3n) is 6.82. The van der Waals surface area contributed by atoms with Gasteiger partial charge >= 0.3 is 175 Å². The Morgan fingerprint density at radius 3 is 2.20 bits per heavy atom. The fraction of sp³-hybridized carbons (Fsp3) is 0.280. The van der Waals surface area contributed by atoms with Crippen LogP contribution in [0.1, 0.15) is 21.2 Å². The van der Waals surface area contributed by atoms with Crippen molar-refractivity contribution in [1.82, 2.24) is 0 Å².